The van der Waals surface area contributed by atoms with E-state index in [1.54, 1.807) is 13.0 Å². The fraction of sp³-hybridized carbons (Fsp3) is 0.300. The number of aliphatic hydroxyl groups excluding tert-OH is 2. The van der Waals surface area contributed by atoms with E-state index in [9.17, 15) is 29.7 Å². The number of aliphatic hydroxyl groups is 2. The molecule has 1 aliphatic rings. The van der Waals surface area contributed by atoms with Crippen molar-refractivity contribution < 1.29 is 29.7 Å². The number of phenolic OH excluding ortho intramolecular Hbond substituents is 1. The summed E-state index contributed by atoms with van der Waals surface area (Å²) in [5.41, 5.74) is 2.24. The van der Waals surface area contributed by atoms with Crippen molar-refractivity contribution in [2.75, 3.05) is 6.54 Å². The molecule has 4 rings (SSSR count). The van der Waals surface area contributed by atoms with E-state index in [-0.39, 0.29) is 37.2 Å². The van der Waals surface area contributed by atoms with Gasteiger partial charge in [0.15, 0.2) is 6.10 Å². The molecular weight excluding hydrogens is 498 g/mol. The molecule has 3 amide bonds. The van der Waals surface area contributed by atoms with Gasteiger partial charge in [-0.2, -0.15) is 0 Å². The van der Waals surface area contributed by atoms with Gasteiger partial charge >= 0.3 is 0 Å². The molecule has 9 heteroatoms. The molecule has 0 saturated carbocycles. The molecule has 0 aliphatic carbocycles. The van der Waals surface area contributed by atoms with E-state index in [0.717, 1.165) is 11.1 Å². The molecule has 1 heterocycles. The summed E-state index contributed by atoms with van der Waals surface area (Å²) in [5, 5.41) is 37.1. The first-order valence-electron chi connectivity index (χ1n) is 12.9. The van der Waals surface area contributed by atoms with Crippen LogP contribution in [0.1, 0.15) is 33.5 Å². The lowest BCUT2D eigenvalue weighted by Crippen LogP contribution is -2.55. The predicted octanol–water partition coefficient (Wildman–Crippen LogP) is 1.68. The van der Waals surface area contributed by atoms with Crippen LogP contribution in [0, 0.1) is 6.92 Å². The van der Waals surface area contributed by atoms with Gasteiger partial charge in [-0.05, 0) is 36.6 Å². The maximum atomic E-state index is 13.5. The Balaban J connectivity index is 1.52. The van der Waals surface area contributed by atoms with Gasteiger partial charge in [-0.15, -0.1) is 0 Å². The van der Waals surface area contributed by atoms with Crippen LogP contribution in [0.15, 0.2) is 78.9 Å². The number of hydrogen-bond donors (Lipinski definition) is 5. The Morgan fingerprint density at radius 2 is 1.59 bits per heavy atom. The number of hydrogen-bond acceptors (Lipinski definition) is 6. The van der Waals surface area contributed by atoms with E-state index >= 15 is 0 Å². The average Bonchev–Trinajstić information content (AvgIpc) is 3.34. The van der Waals surface area contributed by atoms with Crippen LogP contribution in [0.25, 0.3) is 0 Å². The van der Waals surface area contributed by atoms with Crippen LogP contribution >= 0.6 is 0 Å². The van der Waals surface area contributed by atoms with E-state index in [1.807, 2.05) is 60.7 Å². The van der Waals surface area contributed by atoms with E-state index in [2.05, 4.69) is 10.6 Å². The summed E-state index contributed by atoms with van der Waals surface area (Å²) >= 11 is 0. The van der Waals surface area contributed by atoms with Gasteiger partial charge in [0.1, 0.15) is 11.8 Å². The molecule has 1 saturated heterocycles. The minimum atomic E-state index is -1.69. The number of amides is 3. The van der Waals surface area contributed by atoms with Gasteiger partial charge in [0.25, 0.3) is 11.8 Å². The van der Waals surface area contributed by atoms with Crippen molar-refractivity contribution in [2.45, 2.75) is 50.6 Å². The molecule has 1 aliphatic heterocycles. The zero-order chi connectivity index (χ0) is 27.9. The zero-order valence-electron chi connectivity index (χ0n) is 21.7. The van der Waals surface area contributed by atoms with Crippen LogP contribution in [-0.2, 0) is 22.6 Å². The number of aromatic hydroxyl groups is 1. The summed E-state index contributed by atoms with van der Waals surface area (Å²) in [6.45, 7) is 1.74. The third kappa shape index (κ3) is 6.81. The normalized spacial score (nSPS) is 18.3. The molecule has 1 fully saturated rings. The van der Waals surface area contributed by atoms with Crippen molar-refractivity contribution in [3.05, 3.63) is 101 Å². The zero-order valence-corrected chi connectivity index (χ0v) is 21.7. The fourth-order valence-electron chi connectivity index (χ4n) is 4.78. The molecule has 0 aromatic heterocycles. The predicted molar refractivity (Wildman–Crippen MR) is 145 cm³/mol. The Hall–Kier alpha value is -4.21. The molecular formula is C30H33N3O6. The van der Waals surface area contributed by atoms with Crippen LogP contribution in [0.5, 0.6) is 5.75 Å². The first-order valence-corrected chi connectivity index (χ1v) is 12.9. The van der Waals surface area contributed by atoms with Crippen molar-refractivity contribution in [2.24, 2.45) is 0 Å². The van der Waals surface area contributed by atoms with Crippen LogP contribution < -0.4 is 10.6 Å². The SMILES string of the molecule is Cc1c(O)cccc1C(=O)N[C@@H](Cc1ccccc1)[C@H](O)C(=O)N1C[C@H](O)C[C@H]1C(=O)NCc1ccccc1. The second kappa shape index (κ2) is 12.6. The molecule has 0 spiro atoms. The summed E-state index contributed by atoms with van der Waals surface area (Å²) in [7, 11) is 0. The Labute approximate surface area is 227 Å². The van der Waals surface area contributed by atoms with Crippen LogP contribution in [-0.4, -0.2) is 68.8 Å². The molecule has 39 heavy (non-hydrogen) atoms. The number of rotatable bonds is 9. The average molecular weight is 532 g/mol. The summed E-state index contributed by atoms with van der Waals surface area (Å²) in [6.07, 6.45) is -2.44. The first kappa shape index (κ1) is 27.8. The monoisotopic (exact) mass is 531 g/mol. The van der Waals surface area contributed by atoms with Crippen LogP contribution in [0.2, 0.25) is 0 Å². The second-order valence-corrected chi connectivity index (χ2v) is 9.76. The van der Waals surface area contributed by atoms with Gasteiger partial charge in [0.05, 0.1) is 12.1 Å². The Kier molecular flexibility index (Phi) is 8.96. The molecule has 0 unspecified atom stereocenters. The van der Waals surface area contributed by atoms with Crippen LogP contribution in [0.4, 0.5) is 0 Å². The van der Waals surface area contributed by atoms with E-state index < -0.39 is 42.0 Å². The van der Waals surface area contributed by atoms with Crippen molar-refractivity contribution in [1.82, 2.24) is 15.5 Å². The Morgan fingerprint density at radius 3 is 2.26 bits per heavy atom. The van der Waals surface area contributed by atoms with Gasteiger partial charge < -0.3 is 30.9 Å². The van der Waals surface area contributed by atoms with Crippen molar-refractivity contribution in [3.63, 3.8) is 0 Å². The molecule has 3 aromatic rings. The molecule has 5 N–H and O–H groups in total. The lowest BCUT2D eigenvalue weighted by molar-refractivity contribution is -0.146. The first-order chi connectivity index (χ1) is 18.7. The van der Waals surface area contributed by atoms with Crippen molar-refractivity contribution >= 4 is 17.7 Å². The number of carbonyl (C=O) groups excluding carboxylic acids is 3. The minimum absolute atomic E-state index is 0.0390. The smallest absolute Gasteiger partial charge is 0.254 e. The molecule has 9 nitrogen and oxygen atoms in total. The van der Waals surface area contributed by atoms with Gasteiger partial charge in [0.2, 0.25) is 5.91 Å². The quantitative estimate of drug-likeness (QED) is 0.285. The topological polar surface area (TPSA) is 139 Å². The minimum Gasteiger partial charge on any atom is -0.508 e. The van der Waals surface area contributed by atoms with Gasteiger partial charge in [-0.3, -0.25) is 14.4 Å². The maximum Gasteiger partial charge on any atom is 0.254 e. The second-order valence-electron chi connectivity index (χ2n) is 9.76. The van der Waals surface area contributed by atoms with E-state index in [4.69, 9.17) is 0 Å². The number of phenols is 1. The highest BCUT2D eigenvalue weighted by molar-refractivity contribution is 5.97. The number of benzene rings is 3. The lowest BCUT2D eigenvalue weighted by atomic mass is 9.98. The molecule has 3 aromatic carbocycles. The maximum absolute atomic E-state index is 13.5. The molecule has 204 valence electrons. The highest BCUT2D eigenvalue weighted by atomic mass is 16.3. The fourth-order valence-corrected chi connectivity index (χ4v) is 4.78. The number of nitrogens with zero attached hydrogens (tertiary/aromatic N) is 1. The lowest BCUT2D eigenvalue weighted by Gasteiger charge is -2.30. The molecule has 4 atom stereocenters. The van der Waals surface area contributed by atoms with Gasteiger partial charge in [0, 0.05) is 30.6 Å². The van der Waals surface area contributed by atoms with E-state index in [1.165, 1.54) is 17.0 Å². The Morgan fingerprint density at radius 1 is 0.949 bits per heavy atom. The summed E-state index contributed by atoms with van der Waals surface area (Å²) < 4.78 is 0. The highest BCUT2D eigenvalue weighted by Crippen LogP contribution is 2.23. The molecule has 0 bridgehead atoms. The van der Waals surface area contributed by atoms with Crippen molar-refractivity contribution in [1.29, 1.82) is 0 Å². The van der Waals surface area contributed by atoms with Gasteiger partial charge in [-0.25, -0.2) is 0 Å². The number of carbonyl (C=O) groups is 3. The van der Waals surface area contributed by atoms with Crippen LogP contribution in [0.3, 0.4) is 0 Å². The highest BCUT2D eigenvalue weighted by Gasteiger charge is 2.42. The van der Waals surface area contributed by atoms with E-state index in [0.29, 0.717) is 5.56 Å². The van der Waals surface area contributed by atoms with Gasteiger partial charge in [-0.1, -0.05) is 66.7 Å². The summed E-state index contributed by atoms with van der Waals surface area (Å²) in [4.78, 5) is 40.9. The third-order valence-electron chi connectivity index (χ3n) is 6.97. The Bertz CT molecular complexity index is 1300. The molecule has 0 radical (unpaired) electrons. The summed E-state index contributed by atoms with van der Waals surface area (Å²) in [5.74, 6) is -1.81. The van der Waals surface area contributed by atoms with Crippen molar-refractivity contribution in [3.8, 4) is 5.75 Å². The summed E-state index contributed by atoms with van der Waals surface area (Å²) in [6, 6.07) is 20.9. The number of nitrogens with one attached hydrogen (secondary N) is 2. The third-order valence-corrected chi connectivity index (χ3v) is 6.97. The standard InChI is InChI=1S/C30H33N3O6/c1-19-23(13-8-14-26(19)35)28(37)32-24(15-20-9-4-2-5-10-20)27(36)30(39)33-18-22(34)16-25(33)29(38)31-17-21-11-6-3-7-12-21/h2-14,22,24-25,27,34-36H,15-18H2,1H3,(H,31,38)(H,32,37)/t22-,24+,25+,27+/m1/s1. The number of β-amino-alcohol motifs (C(OH)–C–C–N with tert-alkyl or cyclic N) is 1. The number of likely N-dealkylation sites (tertiary alicyclic amines) is 1. The largest absolute Gasteiger partial charge is 0.508 e.